The average molecular weight is 642 g/mol. The molecule has 2 N–H and O–H groups in total. The summed E-state index contributed by atoms with van der Waals surface area (Å²) in [5.41, 5.74) is 1.59. The molecule has 0 radical (unpaired) electrons. The zero-order chi connectivity index (χ0) is 32.6. The van der Waals surface area contributed by atoms with Gasteiger partial charge in [-0.25, -0.2) is 18.7 Å². The van der Waals surface area contributed by atoms with E-state index in [1.807, 2.05) is 17.9 Å². The zero-order valence-electron chi connectivity index (χ0n) is 25.8. The molecule has 3 aromatic rings. The summed E-state index contributed by atoms with van der Waals surface area (Å²) in [4.78, 5) is 56.7. The van der Waals surface area contributed by atoms with Crippen molar-refractivity contribution in [3.63, 3.8) is 0 Å². The van der Waals surface area contributed by atoms with Crippen LogP contribution in [0.1, 0.15) is 66.7 Å². The minimum Gasteiger partial charge on any atom is -0.504 e. The summed E-state index contributed by atoms with van der Waals surface area (Å²) in [7, 11) is 0. The number of aromatic nitrogens is 6. The summed E-state index contributed by atoms with van der Waals surface area (Å²) >= 11 is 0. The van der Waals surface area contributed by atoms with Crippen molar-refractivity contribution in [1.29, 1.82) is 0 Å². The van der Waals surface area contributed by atoms with Gasteiger partial charge in [-0.1, -0.05) is 13.0 Å². The Balaban J connectivity index is 1.32. The molecule has 2 fully saturated rings. The lowest BCUT2D eigenvalue weighted by Gasteiger charge is -2.36. The van der Waals surface area contributed by atoms with Crippen LogP contribution in [0.3, 0.4) is 0 Å². The van der Waals surface area contributed by atoms with Crippen LogP contribution in [0.4, 0.5) is 14.5 Å². The molecule has 1 saturated carbocycles. The Hall–Kier alpha value is -4.47. The van der Waals surface area contributed by atoms with E-state index in [0.717, 1.165) is 5.57 Å². The van der Waals surface area contributed by atoms with E-state index in [-0.39, 0.29) is 74.5 Å². The summed E-state index contributed by atoms with van der Waals surface area (Å²) in [6.45, 7) is 5.29. The maximum atomic E-state index is 14.1. The molecule has 2 amide bonds. The molecule has 1 saturated heterocycles. The van der Waals surface area contributed by atoms with Gasteiger partial charge >= 0.3 is 0 Å². The Bertz CT molecular complexity index is 1740. The van der Waals surface area contributed by atoms with Gasteiger partial charge in [-0.15, -0.1) is 5.10 Å². The SMILES string of the molecule is CCc1c(N2CCN(C(=O)c3ncnc(C)c3O)CC2)c(=O)n2nc(C3=CCOCC3)nc2n1CC(=O)NC1CCC(F)(F)CC1. The van der Waals surface area contributed by atoms with E-state index in [4.69, 9.17) is 9.72 Å². The Morgan fingerprint density at radius 2 is 1.89 bits per heavy atom. The molecule has 1 aliphatic carbocycles. The lowest BCUT2D eigenvalue weighted by Crippen LogP contribution is -2.51. The summed E-state index contributed by atoms with van der Waals surface area (Å²) in [5, 5.41) is 17.8. The van der Waals surface area contributed by atoms with Gasteiger partial charge in [-0.3, -0.25) is 14.4 Å². The smallest absolute Gasteiger partial charge is 0.299 e. The van der Waals surface area contributed by atoms with Crippen LogP contribution >= 0.6 is 0 Å². The number of aryl methyl sites for hydroxylation is 1. The van der Waals surface area contributed by atoms with E-state index >= 15 is 0 Å². The van der Waals surface area contributed by atoms with Gasteiger partial charge in [-0.05, 0) is 38.2 Å². The number of halogens is 2. The molecule has 46 heavy (non-hydrogen) atoms. The van der Waals surface area contributed by atoms with Gasteiger partial charge in [0.25, 0.3) is 11.5 Å². The molecule has 14 nitrogen and oxygen atoms in total. The molecular weight excluding hydrogens is 604 g/mol. The third kappa shape index (κ3) is 6.17. The molecule has 5 heterocycles. The zero-order valence-corrected chi connectivity index (χ0v) is 25.8. The van der Waals surface area contributed by atoms with Crippen LogP contribution in [0.2, 0.25) is 0 Å². The van der Waals surface area contributed by atoms with Gasteiger partial charge in [0.15, 0.2) is 17.3 Å². The van der Waals surface area contributed by atoms with Crippen molar-refractivity contribution in [2.45, 2.75) is 70.9 Å². The van der Waals surface area contributed by atoms with Gasteiger partial charge in [0.05, 0.1) is 24.6 Å². The van der Waals surface area contributed by atoms with E-state index < -0.39 is 17.4 Å². The summed E-state index contributed by atoms with van der Waals surface area (Å²) in [6, 6.07) is -0.364. The summed E-state index contributed by atoms with van der Waals surface area (Å²) in [6.07, 6.45) is 3.87. The number of rotatable bonds is 7. The van der Waals surface area contributed by atoms with Crippen LogP contribution < -0.4 is 15.8 Å². The number of fused-ring (bicyclic) bond motifs is 1. The van der Waals surface area contributed by atoms with Crippen molar-refractivity contribution in [1.82, 2.24) is 39.3 Å². The fourth-order valence-electron chi connectivity index (χ4n) is 6.30. The second-order valence-electron chi connectivity index (χ2n) is 11.9. The number of piperazine rings is 1. The molecule has 0 bridgehead atoms. The molecular formula is C30H37F2N9O5. The average Bonchev–Trinajstić information content (AvgIpc) is 3.51. The molecule has 246 valence electrons. The molecule has 0 atom stereocenters. The highest BCUT2D eigenvalue weighted by atomic mass is 19.3. The number of amides is 2. The molecule has 0 aromatic carbocycles. The third-order valence-corrected chi connectivity index (χ3v) is 8.89. The largest absolute Gasteiger partial charge is 0.504 e. The molecule has 3 aromatic heterocycles. The Morgan fingerprint density at radius 3 is 2.57 bits per heavy atom. The van der Waals surface area contributed by atoms with E-state index in [1.165, 1.54) is 10.8 Å². The van der Waals surface area contributed by atoms with Gasteiger partial charge < -0.3 is 29.5 Å². The number of ether oxygens (including phenoxy) is 1. The molecule has 3 aliphatic rings. The van der Waals surface area contributed by atoms with Crippen LogP contribution in [0.5, 0.6) is 5.75 Å². The maximum Gasteiger partial charge on any atom is 0.299 e. The van der Waals surface area contributed by atoms with Crippen LogP contribution in [0.15, 0.2) is 17.2 Å². The lowest BCUT2D eigenvalue weighted by atomic mass is 9.92. The van der Waals surface area contributed by atoms with Crippen LogP contribution in [0.25, 0.3) is 11.4 Å². The van der Waals surface area contributed by atoms with Crippen LogP contribution in [0, 0.1) is 6.92 Å². The molecule has 0 unspecified atom stereocenters. The Kier molecular flexibility index (Phi) is 8.72. The van der Waals surface area contributed by atoms with E-state index in [1.54, 1.807) is 16.4 Å². The van der Waals surface area contributed by atoms with Gasteiger partial charge in [0.2, 0.25) is 17.6 Å². The second kappa shape index (κ2) is 12.7. The summed E-state index contributed by atoms with van der Waals surface area (Å²) < 4.78 is 35.8. The monoisotopic (exact) mass is 641 g/mol. The number of aromatic hydroxyl groups is 1. The topological polar surface area (TPSA) is 160 Å². The molecule has 16 heteroatoms. The highest BCUT2D eigenvalue weighted by Crippen LogP contribution is 2.33. The highest BCUT2D eigenvalue weighted by molar-refractivity contribution is 5.95. The predicted octanol–water partition coefficient (Wildman–Crippen LogP) is 1.72. The number of alkyl halides is 2. The number of nitrogens with one attached hydrogen (secondary N) is 1. The van der Waals surface area contributed by atoms with Crippen molar-refractivity contribution < 1.29 is 28.2 Å². The fraction of sp³-hybridized carbons (Fsp3) is 0.567. The number of carbonyl (C=O) groups is 2. The standard InChI is InChI=1S/C30H37F2N9O5/c1-3-21-24(38-10-12-39(13-11-38)27(44)23-25(43)18(2)33-17-34-23)28(45)41-29(36-26(37-41)19-6-14-46-15-7-19)40(21)16-22(42)35-20-4-8-30(31,32)9-5-20/h6,17,20,43H,3-5,7-16H2,1-2H3,(H,35,42). The second-order valence-corrected chi connectivity index (χ2v) is 11.9. The Morgan fingerprint density at radius 1 is 1.15 bits per heavy atom. The highest BCUT2D eigenvalue weighted by Gasteiger charge is 2.36. The first-order chi connectivity index (χ1) is 22.1. The minimum absolute atomic E-state index is 0.0794. The van der Waals surface area contributed by atoms with E-state index in [2.05, 4.69) is 20.4 Å². The van der Waals surface area contributed by atoms with Crippen molar-refractivity contribution in [3.8, 4) is 5.75 Å². The van der Waals surface area contributed by atoms with E-state index in [9.17, 15) is 28.3 Å². The van der Waals surface area contributed by atoms with Crippen molar-refractivity contribution in [3.05, 3.63) is 45.7 Å². The normalized spacial score (nSPS) is 18.9. The first kappa shape index (κ1) is 31.5. The first-order valence-electron chi connectivity index (χ1n) is 15.6. The van der Waals surface area contributed by atoms with Gasteiger partial charge in [0.1, 0.15) is 18.6 Å². The Labute approximate surface area is 263 Å². The van der Waals surface area contributed by atoms with Crippen molar-refractivity contribution in [2.24, 2.45) is 0 Å². The summed E-state index contributed by atoms with van der Waals surface area (Å²) in [5.74, 6) is -3.20. The van der Waals surface area contributed by atoms with Crippen LogP contribution in [-0.2, 0) is 22.5 Å². The van der Waals surface area contributed by atoms with Crippen molar-refractivity contribution >= 4 is 28.9 Å². The fourth-order valence-corrected chi connectivity index (χ4v) is 6.30. The molecule has 2 aliphatic heterocycles. The number of anilines is 1. The number of nitrogens with zero attached hydrogens (tertiary/aromatic N) is 8. The van der Waals surface area contributed by atoms with E-state index in [0.29, 0.717) is 62.0 Å². The number of carbonyl (C=O) groups excluding carboxylic acids is 2. The maximum absolute atomic E-state index is 14.1. The number of hydrogen-bond donors (Lipinski definition) is 2. The predicted molar refractivity (Wildman–Crippen MR) is 162 cm³/mol. The quantitative estimate of drug-likeness (QED) is 0.389. The minimum atomic E-state index is -2.71. The third-order valence-electron chi connectivity index (χ3n) is 8.89. The first-order valence-corrected chi connectivity index (χ1v) is 15.6. The molecule has 0 spiro atoms. The van der Waals surface area contributed by atoms with Gasteiger partial charge in [0, 0.05) is 45.1 Å². The van der Waals surface area contributed by atoms with Gasteiger partial charge in [-0.2, -0.15) is 9.50 Å². The van der Waals surface area contributed by atoms with Crippen LogP contribution in [-0.4, -0.2) is 102 Å². The van der Waals surface area contributed by atoms with Crippen molar-refractivity contribution in [2.75, 3.05) is 44.3 Å². The number of hydrogen-bond acceptors (Lipinski definition) is 10. The molecule has 6 rings (SSSR count). The lowest BCUT2D eigenvalue weighted by molar-refractivity contribution is -0.123.